The Morgan fingerprint density at radius 1 is 0.950 bits per heavy atom. The van der Waals surface area contributed by atoms with E-state index in [0.717, 1.165) is 0 Å². The van der Waals surface area contributed by atoms with Crippen LogP contribution < -0.4 is 14.2 Å². The molecule has 2 rings (SSSR count). The van der Waals surface area contributed by atoms with Gasteiger partial charge in [0.15, 0.2) is 11.5 Å². The van der Waals surface area contributed by atoms with Crippen molar-refractivity contribution in [3.8, 4) is 17.2 Å². The van der Waals surface area contributed by atoms with Gasteiger partial charge in [0.1, 0.15) is 0 Å². The van der Waals surface area contributed by atoms with E-state index >= 15 is 0 Å². The molecule has 104 valence electrons. The third-order valence-corrected chi connectivity index (χ3v) is 3.36. The highest BCUT2D eigenvalue weighted by Crippen LogP contribution is 2.37. The van der Waals surface area contributed by atoms with Crippen LogP contribution in [0.2, 0.25) is 0 Å². The van der Waals surface area contributed by atoms with Crippen LogP contribution in [-0.4, -0.2) is 20.2 Å². The molecule has 0 aliphatic carbocycles. The molecule has 0 spiro atoms. The number of methoxy groups -OCH3 is 2. The monoisotopic (exact) mass is 336 g/mol. The van der Waals surface area contributed by atoms with E-state index in [1.165, 1.54) is 14.2 Å². The van der Waals surface area contributed by atoms with E-state index in [1.807, 2.05) is 6.07 Å². The Bertz CT molecular complexity index is 603. The molecule has 5 heteroatoms. The van der Waals surface area contributed by atoms with Crippen LogP contribution in [0.3, 0.4) is 0 Å². The van der Waals surface area contributed by atoms with Crippen molar-refractivity contribution in [1.82, 2.24) is 0 Å². The van der Waals surface area contributed by atoms with Crippen molar-refractivity contribution in [1.29, 1.82) is 0 Å². The van der Waals surface area contributed by atoms with E-state index in [-0.39, 0.29) is 5.75 Å². The molecule has 2 aromatic carbocycles. The summed E-state index contributed by atoms with van der Waals surface area (Å²) >= 11 is 3.32. The molecule has 0 radical (unpaired) electrons. The van der Waals surface area contributed by atoms with Gasteiger partial charge in [0, 0.05) is 4.47 Å². The zero-order chi connectivity index (χ0) is 14.5. The summed E-state index contributed by atoms with van der Waals surface area (Å²) in [6, 6.07) is 12.2. The molecule has 0 aliphatic rings. The Morgan fingerprint density at radius 3 is 2.10 bits per heavy atom. The third-order valence-electron chi connectivity index (χ3n) is 2.67. The van der Waals surface area contributed by atoms with Crippen molar-refractivity contribution >= 4 is 21.9 Å². The molecule has 0 saturated heterocycles. The summed E-state index contributed by atoms with van der Waals surface area (Å²) in [7, 11) is 3.01. The van der Waals surface area contributed by atoms with Crippen LogP contribution in [0.4, 0.5) is 0 Å². The van der Waals surface area contributed by atoms with Crippen molar-refractivity contribution in [2.75, 3.05) is 14.2 Å². The van der Waals surface area contributed by atoms with Gasteiger partial charge in [-0.2, -0.15) is 0 Å². The van der Waals surface area contributed by atoms with Crippen molar-refractivity contribution < 1.29 is 19.0 Å². The Morgan fingerprint density at radius 2 is 1.55 bits per heavy atom. The number of hydrogen-bond donors (Lipinski definition) is 0. The summed E-state index contributed by atoms with van der Waals surface area (Å²) in [4.78, 5) is 12.2. The molecular formula is C15H13BrO4. The SMILES string of the molecule is COc1cccc(OC)c1OC(=O)c1ccccc1Br. The Balaban J connectivity index is 2.35. The van der Waals surface area contributed by atoms with E-state index < -0.39 is 5.97 Å². The molecule has 0 aliphatic heterocycles. The molecule has 0 aromatic heterocycles. The predicted octanol–water partition coefficient (Wildman–Crippen LogP) is 3.69. The average Bonchev–Trinajstić information content (AvgIpc) is 2.47. The Labute approximate surface area is 125 Å². The highest BCUT2D eigenvalue weighted by atomic mass is 79.9. The number of carbonyl (C=O) groups excluding carboxylic acids is 1. The van der Waals surface area contributed by atoms with E-state index in [2.05, 4.69) is 15.9 Å². The standard InChI is InChI=1S/C15H13BrO4/c1-18-12-8-5-9-13(19-2)14(12)20-15(17)10-6-3-4-7-11(10)16/h3-9H,1-2H3. The van der Waals surface area contributed by atoms with E-state index in [4.69, 9.17) is 14.2 Å². The lowest BCUT2D eigenvalue weighted by atomic mass is 10.2. The lowest BCUT2D eigenvalue weighted by molar-refractivity contribution is 0.0723. The lowest BCUT2D eigenvalue weighted by Crippen LogP contribution is -2.10. The van der Waals surface area contributed by atoms with Crippen molar-refractivity contribution in [3.63, 3.8) is 0 Å². The molecule has 20 heavy (non-hydrogen) atoms. The molecule has 0 heterocycles. The van der Waals surface area contributed by atoms with Crippen LogP contribution in [-0.2, 0) is 0 Å². The number of carbonyl (C=O) groups is 1. The van der Waals surface area contributed by atoms with Crippen LogP contribution in [0, 0.1) is 0 Å². The van der Waals surface area contributed by atoms with Gasteiger partial charge < -0.3 is 14.2 Å². The molecule has 0 amide bonds. The number of rotatable bonds is 4. The van der Waals surface area contributed by atoms with Gasteiger partial charge in [0.2, 0.25) is 5.75 Å². The van der Waals surface area contributed by atoms with Gasteiger partial charge in [-0.25, -0.2) is 4.79 Å². The van der Waals surface area contributed by atoms with E-state index in [1.54, 1.807) is 36.4 Å². The van der Waals surface area contributed by atoms with Crippen molar-refractivity contribution in [2.24, 2.45) is 0 Å². The zero-order valence-electron chi connectivity index (χ0n) is 11.1. The first kappa shape index (κ1) is 14.4. The number of halogens is 1. The fourth-order valence-electron chi connectivity index (χ4n) is 1.69. The molecular weight excluding hydrogens is 324 g/mol. The van der Waals surface area contributed by atoms with E-state index in [9.17, 15) is 4.79 Å². The predicted molar refractivity (Wildman–Crippen MR) is 78.6 cm³/mol. The molecule has 2 aromatic rings. The first-order valence-corrected chi connectivity index (χ1v) is 6.64. The minimum Gasteiger partial charge on any atom is -0.493 e. The summed E-state index contributed by atoms with van der Waals surface area (Å²) in [6.45, 7) is 0. The first-order valence-electron chi connectivity index (χ1n) is 5.85. The molecule has 0 atom stereocenters. The molecule has 0 unspecified atom stereocenters. The van der Waals surface area contributed by atoms with Gasteiger partial charge in [-0.15, -0.1) is 0 Å². The normalized spacial score (nSPS) is 9.95. The second kappa shape index (κ2) is 6.43. The minimum atomic E-state index is -0.486. The second-order valence-corrected chi connectivity index (χ2v) is 4.72. The van der Waals surface area contributed by atoms with E-state index in [0.29, 0.717) is 21.5 Å². The molecule has 0 N–H and O–H groups in total. The van der Waals surface area contributed by atoms with Crippen molar-refractivity contribution in [2.45, 2.75) is 0 Å². The fourth-order valence-corrected chi connectivity index (χ4v) is 2.14. The molecule has 0 saturated carbocycles. The number of hydrogen-bond acceptors (Lipinski definition) is 4. The van der Waals surface area contributed by atoms with Crippen molar-refractivity contribution in [3.05, 3.63) is 52.5 Å². The first-order chi connectivity index (χ1) is 9.67. The quantitative estimate of drug-likeness (QED) is 0.631. The summed E-state index contributed by atoms with van der Waals surface area (Å²) in [5.41, 5.74) is 0.431. The molecule has 0 fully saturated rings. The fraction of sp³-hybridized carbons (Fsp3) is 0.133. The second-order valence-electron chi connectivity index (χ2n) is 3.86. The number of benzene rings is 2. The highest BCUT2D eigenvalue weighted by molar-refractivity contribution is 9.10. The minimum absolute atomic E-state index is 0.262. The summed E-state index contributed by atoms with van der Waals surface area (Å²) in [5.74, 6) is 0.646. The maximum atomic E-state index is 12.2. The van der Waals surface area contributed by atoms with Gasteiger partial charge in [-0.1, -0.05) is 18.2 Å². The smallest absolute Gasteiger partial charge is 0.344 e. The largest absolute Gasteiger partial charge is 0.493 e. The number of esters is 1. The maximum absolute atomic E-state index is 12.2. The summed E-state index contributed by atoms with van der Waals surface area (Å²) < 4.78 is 16.4. The average molecular weight is 337 g/mol. The number of ether oxygens (including phenoxy) is 3. The van der Waals surface area contributed by atoms with Crippen LogP contribution >= 0.6 is 15.9 Å². The van der Waals surface area contributed by atoms with Gasteiger partial charge in [0.05, 0.1) is 19.8 Å². The summed E-state index contributed by atoms with van der Waals surface area (Å²) in [5, 5.41) is 0. The Kier molecular flexibility index (Phi) is 4.63. The lowest BCUT2D eigenvalue weighted by Gasteiger charge is -2.13. The third kappa shape index (κ3) is 2.93. The Hall–Kier alpha value is -2.01. The molecule has 0 bridgehead atoms. The maximum Gasteiger partial charge on any atom is 0.344 e. The number of para-hydroxylation sites is 1. The van der Waals surface area contributed by atoms with Gasteiger partial charge >= 0.3 is 5.97 Å². The van der Waals surface area contributed by atoms with Crippen LogP contribution in [0.15, 0.2) is 46.9 Å². The summed E-state index contributed by atoms with van der Waals surface area (Å²) in [6.07, 6.45) is 0. The molecule has 4 nitrogen and oxygen atoms in total. The van der Waals surface area contributed by atoms with Crippen LogP contribution in [0.5, 0.6) is 17.2 Å². The van der Waals surface area contributed by atoms with Gasteiger partial charge in [0.25, 0.3) is 0 Å². The topological polar surface area (TPSA) is 44.8 Å². The van der Waals surface area contributed by atoms with Crippen LogP contribution in [0.1, 0.15) is 10.4 Å². The highest BCUT2D eigenvalue weighted by Gasteiger charge is 2.18. The van der Waals surface area contributed by atoms with Crippen LogP contribution in [0.25, 0.3) is 0 Å². The van der Waals surface area contributed by atoms with Gasteiger partial charge in [-0.3, -0.25) is 0 Å². The zero-order valence-corrected chi connectivity index (χ0v) is 12.6. The van der Waals surface area contributed by atoms with Gasteiger partial charge in [-0.05, 0) is 40.2 Å².